The average molecular weight is 690 g/mol. The summed E-state index contributed by atoms with van der Waals surface area (Å²) in [4.78, 5) is 55.0. The van der Waals surface area contributed by atoms with Crippen molar-refractivity contribution >= 4 is 39.8 Å². The maximum absolute atomic E-state index is 14.7. The second-order valence-electron chi connectivity index (χ2n) is 14.1. The van der Waals surface area contributed by atoms with E-state index in [1.54, 1.807) is 13.8 Å². The number of ketones is 1. The Hall–Kier alpha value is -2.47. The number of benzene rings is 1. The summed E-state index contributed by atoms with van der Waals surface area (Å²) < 4.78 is 5.45. The first kappa shape index (κ1) is 42.6. The molecular formula is C37H67N3O5Si2. The Morgan fingerprint density at radius 1 is 0.681 bits per heavy atom. The fourth-order valence-corrected chi connectivity index (χ4v) is 14.0. The van der Waals surface area contributed by atoms with E-state index in [0.717, 1.165) is 30.5 Å². The SMILES string of the molecule is CC[Si](CC)(CC)CCCC(CCC[Si](CC)(CC)CC)(C(=O)N[C@@H](C)C(=O)NC(C)C)C(=O)[C@H](C)NC(=O)OCc1ccccc1. The Labute approximate surface area is 288 Å². The quantitative estimate of drug-likeness (QED) is 0.0788. The first-order valence-electron chi connectivity index (χ1n) is 18.4. The molecule has 0 aliphatic heterocycles. The van der Waals surface area contributed by atoms with Crippen LogP contribution in [0.1, 0.15) is 100 Å². The Morgan fingerprint density at radius 2 is 1.15 bits per heavy atom. The summed E-state index contributed by atoms with van der Waals surface area (Å²) in [5, 5.41) is 8.56. The highest BCUT2D eigenvalue weighted by Crippen LogP contribution is 2.39. The van der Waals surface area contributed by atoms with Crippen LogP contribution in [0.5, 0.6) is 0 Å². The van der Waals surface area contributed by atoms with Gasteiger partial charge in [0.05, 0.1) is 22.2 Å². The standard InChI is InChI=1S/C37H67N3O5Si2/c1-11-46(12-2,13-3)26-20-24-37(25-21-27-47(14-4,15-5)16-6,35(43)39-31(10)34(42)38-29(7)8)33(41)30(9)40-36(44)45-28-32-22-18-17-19-23-32/h17-19,22-23,29-31H,11-16,20-21,24-28H2,1-10H3,(H,38,42)(H,39,43)(H,40,44)/t30-,31-/m0/s1. The Balaban J connectivity index is 3.49. The largest absolute Gasteiger partial charge is 0.445 e. The van der Waals surface area contributed by atoms with Gasteiger partial charge in [-0.3, -0.25) is 14.4 Å². The number of nitrogens with one attached hydrogen (secondary N) is 3. The Morgan fingerprint density at radius 3 is 1.57 bits per heavy atom. The van der Waals surface area contributed by atoms with Crippen LogP contribution in [0.4, 0.5) is 4.79 Å². The minimum Gasteiger partial charge on any atom is -0.445 e. The molecule has 0 saturated carbocycles. The molecule has 0 heterocycles. The van der Waals surface area contributed by atoms with Crippen molar-refractivity contribution in [1.29, 1.82) is 0 Å². The summed E-state index contributed by atoms with van der Waals surface area (Å²) in [6.07, 6.45) is 1.62. The van der Waals surface area contributed by atoms with Gasteiger partial charge in [0, 0.05) is 6.04 Å². The second kappa shape index (κ2) is 20.8. The van der Waals surface area contributed by atoms with E-state index in [4.69, 9.17) is 4.74 Å². The number of rotatable bonds is 23. The minimum absolute atomic E-state index is 0.0789. The van der Waals surface area contributed by atoms with Crippen LogP contribution in [0.25, 0.3) is 0 Å². The summed E-state index contributed by atoms with van der Waals surface area (Å²) in [6, 6.07) is 16.6. The van der Waals surface area contributed by atoms with E-state index in [2.05, 4.69) is 57.5 Å². The van der Waals surface area contributed by atoms with Crippen molar-refractivity contribution in [2.45, 2.75) is 168 Å². The van der Waals surface area contributed by atoms with Gasteiger partial charge >= 0.3 is 6.09 Å². The molecule has 0 fully saturated rings. The van der Waals surface area contributed by atoms with Crippen molar-refractivity contribution in [2.24, 2.45) is 5.41 Å². The first-order valence-corrected chi connectivity index (χ1v) is 24.0. The summed E-state index contributed by atoms with van der Waals surface area (Å²) in [6.45, 7) is 20.8. The third-order valence-electron chi connectivity index (χ3n) is 11.1. The molecule has 10 heteroatoms. The molecule has 0 spiro atoms. The van der Waals surface area contributed by atoms with Gasteiger partial charge in [-0.25, -0.2) is 4.79 Å². The molecule has 1 aromatic rings. The van der Waals surface area contributed by atoms with Crippen molar-refractivity contribution in [1.82, 2.24) is 16.0 Å². The molecule has 0 bridgehead atoms. The van der Waals surface area contributed by atoms with Gasteiger partial charge in [-0.05, 0) is 46.1 Å². The number of hydrogen-bond donors (Lipinski definition) is 3. The molecule has 0 aliphatic carbocycles. The summed E-state index contributed by atoms with van der Waals surface area (Å²) in [5.41, 5.74) is -0.529. The molecule has 0 saturated heterocycles. The molecule has 2 atom stereocenters. The number of alkyl carbamates (subject to hydrolysis) is 1. The van der Waals surface area contributed by atoms with Crippen molar-refractivity contribution in [3.63, 3.8) is 0 Å². The van der Waals surface area contributed by atoms with Crippen LogP contribution in [-0.2, 0) is 25.7 Å². The number of Topliss-reactive ketones (excluding diaryl/α,β-unsaturated/α-hetero) is 1. The molecule has 0 aromatic heterocycles. The van der Waals surface area contributed by atoms with Crippen LogP contribution in [0.3, 0.4) is 0 Å². The normalized spacial score (nSPS) is 13.5. The molecular weight excluding hydrogens is 623 g/mol. The zero-order valence-corrected chi connectivity index (χ0v) is 33.4. The lowest BCUT2D eigenvalue weighted by molar-refractivity contribution is -0.146. The topological polar surface area (TPSA) is 114 Å². The molecule has 47 heavy (non-hydrogen) atoms. The highest BCUT2D eigenvalue weighted by atomic mass is 28.3. The van der Waals surface area contributed by atoms with Crippen LogP contribution >= 0.6 is 0 Å². The van der Waals surface area contributed by atoms with Gasteiger partial charge in [-0.15, -0.1) is 0 Å². The molecule has 3 N–H and O–H groups in total. The summed E-state index contributed by atoms with van der Waals surface area (Å²) in [7, 11) is -3.04. The molecule has 1 aromatic carbocycles. The van der Waals surface area contributed by atoms with Crippen molar-refractivity contribution in [2.75, 3.05) is 0 Å². The van der Waals surface area contributed by atoms with E-state index < -0.39 is 45.6 Å². The summed E-state index contributed by atoms with van der Waals surface area (Å²) >= 11 is 0. The second-order valence-corrected chi connectivity index (χ2v) is 25.3. The van der Waals surface area contributed by atoms with Crippen LogP contribution < -0.4 is 16.0 Å². The molecule has 8 nitrogen and oxygen atoms in total. The number of carbonyl (C=O) groups is 4. The van der Waals surface area contributed by atoms with Crippen LogP contribution in [0, 0.1) is 5.41 Å². The minimum atomic E-state index is -1.52. The van der Waals surface area contributed by atoms with Crippen molar-refractivity contribution in [3.05, 3.63) is 35.9 Å². The van der Waals surface area contributed by atoms with Gasteiger partial charge in [0.25, 0.3) is 0 Å². The van der Waals surface area contributed by atoms with Crippen LogP contribution in [-0.4, -0.2) is 58.0 Å². The number of hydrogen-bond acceptors (Lipinski definition) is 5. The van der Waals surface area contributed by atoms with E-state index in [1.807, 2.05) is 44.2 Å². The fraction of sp³-hybridized carbons (Fsp3) is 0.730. The van der Waals surface area contributed by atoms with Crippen LogP contribution in [0.2, 0.25) is 48.4 Å². The van der Waals surface area contributed by atoms with Crippen LogP contribution in [0.15, 0.2) is 30.3 Å². The van der Waals surface area contributed by atoms with Gasteiger partial charge in [-0.2, -0.15) is 0 Å². The average Bonchev–Trinajstić information content (AvgIpc) is 3.07. The third-order valence-corrected chi connectivity index (χ3v) is 23.0. The number of carbonyl (C=O) groups excluding carboxylic acids is 4. The first-order chi connectivity index (χ1) is 22.2. The maximum atomic E-state index is 14.7. The summed E-state index contributed by atoms with van der Waals surface area (Å²) in [5.74, 6) is -1.00. The molecule has 268 valence electrons. The highest BCUT2D eigenvalue weighted by Gasteiger charge is 2.48. The zero-order valence-electron chi connectivity index (χ0n) is 31.4. The van der Waals surface area contributed by atoms with Gasteiger partial charge in [0.15, 0.2) is 5.78 Å². The highest BCUT2D eigenvalue weighted by molar-refractivity contribution is 6.80. The van der Waals surface area contributed by atoms with E-state index in [0.29, 0.717) is 12.8 Å². The van der Waals surface area contributed by atoms with E-state index >= 15 is 0 Å². The van der Waals surface area contributed by atoms with E-state index in [1.165, 1.54) is 36.3 Å². The number of ether oxygens (including phenoxy) is 1. The van der Waals surface area contributed by atoms with E-state index in [9.17, 15) is 19.2 Å². The predicted octanol–water partition coefficient (Wildman–Crippen LogP) is 8.46. The lowest BCUT2D eigenvalue weighted by Gasteiger charge is -2.37. The molecule has 0 radical (unpaired) electrons. The third kappa shape index (κ3) is 12.8. The zero-order chi connectivity index (χ0) is 35.7. The van der Waals surface area contributed by atoms with E-state index in [-0.39, 0.29) is 24.3 Å². The predicted molar refractivity (Wildman–Crippen MR) is 200 cm³/mol. The van der Waals surface area contributed by atoms with Gasteiger partial charge in [-0.1, -0.05) is 133 Å². The monoisotopic (exact) mass is 689 g/mol. The Kier molecular flexibility index (Phi) is 18.8. The van der Waals surface area contributed by atoms with Crippen molar-refractivity contribution in [3.8, 4) is 0 Å². The van der Waals surface area contributed by atoms with Gasteiger partial charge in [0.1, 0.15) is 18.1 Å². The Bertz CT molecular complexity index is 1060. The molecule has 1 rings (SSSR count). The van der Waals surface area contributed by atoms with Crippen molar-refractivity contribution < 1.29 is 23.9 Å². The number of amides is 3. The maximum Gasteiger partial charge on any atom is 0.408 e. The van der Waals surface area contributed by atoms with Gasteiger partial charge in [0.2, 0.25) is 11.8 Å². The fourth-order valence-electron chi connectivity index (χ4n) is 7.03. The smallest absolute Gasteiger partial charge is 0.408 e. The molecule has 3 amide bonds. The molecule has 0 aliphatic rings. The van der Waals surface area contributed by atoms with Gasteiger partial charge < -0.3 is 20.7 Å². The lowest BCUT2D eigenvalue weighted by Crippen LogP contribution is -2.57. The molecule has 0 unspecified atom stereocenters. The lowest BCUT2D eigenvalue weighted by atomic mass is 9.72.